The lowest BCUT2D eigenvalue weighted by Crippen LogP contribution is -1.92. The van der Waals surface area contributed by atoms with Crippen LogP contribution < -0.4 is 0 Å². The van der Waals surface area contributed by atoms with Crippen molar-refractivity contribution >= 4 is 22.8 Å². The predicted molar refractivity (Wildman–Crippen MR) is 82.6 cm³/mol. The molecule has 4 heteroatoms. The molecule has 0 saturated heterocycles. The van der Waals surface area contributed by atoms with Crippen molar-refractivity contribution < 1.29 is 0 Å². The molecular weight excluding hydrogens is 266 g/mol. The fourth-order valence-electron chi connectivity index (χ4n) is 2.26. The number of aryl methyl sites for hydroxylation is 1. The molecule has 3 rings (SSSR count). The summed E-state index contributed by atoms with van der Waals surface area (Å²) in [5.41, 5.74) is 3.63. The Morgan fingerprint density at radius 3 is 2.55 bits per heavy atom. The van der Waals surface area contributed by atoms with E-state index in [2.05, 4.69) is 41.6 Å². The van der Waals surface area contributed by atoms with E-state index in [1.165, 1.54) is 4.90 Å². The Labute approximate surface area is 121 Å². The van der Waals surface area contributed by atoms with Crippen LogP contribution in [0.2, 0.25) is 0 Å². The maximum Gasteiger partial charge on any atom is 0.140 e. The Morgan fingerprint density at radius 2 is 1.90 bits per heavy atom. The van der Waals surface area contributed by atoms with Gasteiger partial charge in [0.15, 0.2) is 0 Å². The van der Waals surface area contributed by atoms with E-state index in [4.69, 9.17) is 5.26 Å². The molecule has 98 valence electrons. The van der Waals surface area contributed by atoms with Crippen molar-refractivity contribution in [3.63, 3.8) is 0 Å². The minimum absolute atomic E-state index is 0.657. The van der Waals surface area contributed by atoms with Gasteiger partial charge in [0.25, 0.3) is 0 Å². The number of aromatic nitrogens is 2. The monoisotopic (exact) mass is 279 g/mol. The number of fused-ring (bicyclic) bond motifs is 1. The largest absolute Gasteiger partial charge is 0.327 e. The number of imidazole rings is 1. The van der Waals surface area contributed by atoms with Crippen molar-refractivity contribution in [2.24, 2.45) is 7.05 Å². The SMILES string of the molecule is CSc1ccc(-c2nc3ccc(C#N)cc3n2C)cc1. The van der Waals surface area contributed by atoms with Crippen molar-refractivity contribution in [3.05, 3.63) is 48.0 Å². The zero-order valence-corrected chi connectivity index (χ0v) is 12.1. The number of benzene rings is 2. The molecule has 0 fully saturated rings. The lowest BCUT2D eigenvalue weighted by Gasteiger charge is -2.03. The van der Waals surface area contributed by atoms with Crippen molar-refractivity contribution in [2.45, 2.75) is 4.90 Å². The molecule has 0 aliphatic heterocycles. The van der Waals surface area contributed by atoms with Gasteiger partial charge >= 0.3 is 0 Å². The van der Waals surface area contributed by atoms with Gasteiger partial charge in [0.1, 0.15) is 5.82 Å². The standard InChI is InChI=1S/C16H13N3S/c1-19-15-9-11(10-17)3-8-14(15)18-16(19)12-4-6-13(20-2)7-5-12/h3-9H,1-2H3. The number of nitrogens with zero attached hydrogens (tertiary/aromatic N) is 3. The van der Waals surface area contributed by atoms with Gasteiger partial charge in [-0.15, -0.1) is 11.8 Å². The van der Waals surface area contributed by atoms with Crippen LogP contribution in [-0.2, 0) is 7.05 Å². The summed E-state index contributed by atoms with van der Waals surface area (Å²) in [5, 5.41) is 8.99. The van der Waals surface area contributed by atoms with Gasteiger partial charge in [-0.05, 0) is 36.6 Å². The van der Waals surface area contributed by atoms with Crippen LogP contribution >= 0.6 is 11.8 Å². The van der Waals surface area contributed by atoms with Crippen LogP contribution in [0, 0.1) is 11.3 Å². The summed E-state index contributed by atoms with van der Waals surface area (Å²) in [6.45, 7) is 0. The number of thioether (sulfide) groups is 1. The second-order valence-corrected chi connectivity index (χ2v) is 5.42. The highest BCUT2D eigenvalue weighted by Crippen LogP contribution is 2.26. The van der Waals surface area contributed by atoms with E-state index in [0.717, 1.165) is 22.4 Å². The number of hydrogen-bond donors (Lipinski definition) is 0. The summed E-state index contributed by atoms with van der Waals surface area (Å²) in [6.07, 6.45) is 2.06. The quantitative estimate of drug-likeness (QED) is 0.669. The molecule has 0 unspecified atom stereocenters. The lowest BCUT2D eigenvalue weighted by atomic mass is 10.2. The smallest absolute Gasteiger partial charge is 0.140 e. The Kier molecular flexibility index (Phi) is 3.21. The summed E-state index contributed by atoms with van der Waals surface area (Å²) in [7, 11) is 1.98. The van der Waals surface area contributed by atoms with Gasteiger partial charge in [-0.1, -0.05) is 12.1 Å². The number of rotatable bonds is 2. The fourth-order valence-corrected chi connectivity index (χ4v) is 2.67. The average molecular weight is 279 g/mol. The molecule has 0 radical (unpaired) electrons. The molecule has 3 aromatic rings. The van der Waals surface area contributed by atoms with Crippen LogP contribution in [0.4, 0.5) is 0 Å². The molecule has 0 N–H and O–H groups in total. The second kappa shape index (κ2) is 5.03. The maximum atomic E-state index is 8.99. The summed E-state index contributed by atoms with van der Waals surface area (Å²) >= 11 is 1.72. The molecule has 0 spiro atoms. The minimum atomic E-state index is 0.657. The van der Waals surface area contributed by atoms with Crippen LogP contribution in [0.1, 0.15) is 5.56 Å². The molecule has 2 aromatic carbocycles. The summed E-state index contributed by atoms with van der Waals surface area (Å²) in [6, 6.07) is 16.1. The molecule has 0 amide bonds. The summed E-state index contributed by atoms with van der Waals surface area (Å²) in [4.78, 5) is 5.90. The van der Waals surface area contributed by atoms with E-state index in [9.17, 15) is 0 Å². The number of hydrogen-bond acceptors (Lipinski definition) is 3. The zero-order chi connectivity index (χ0) is 14.1. The maximum absolute atomic E-state index is 8.99. The molecule has 0 saturated carbocycles. The molecule has 0 aliphatic carbocycles. The third-order valence-electron chi connectivity index (χ3n) is 3.36. The highest BCUT2D eigenvalue weighted by molar-refractivity contribution is 7.98. The molecule has 0 atom stereocenters. The minimum Gasteiger partial charge on any atom is -0.327 e. The van der Waals surface area contributed by atoms with E-state index >= 15 is 0 Å². The van der Waals surface area contributed by atoms with Crippen LogP contribution in [0.5, 0.6) is 0 Å². The molecule has 1 heterocycles. The van der Waals surface area contributed by atoms with E-state index in [0.29, 0.717) is 5.56 Å². The van der Waals surface area contributed by atoms with E-state index < -0.39 is 0 Å². The van der Waals surface area contributed by atoms with Gasteiger partial charge in [-0.3, -0.25) is 0 Å². The predicted octanol–water partition coefficient (Wildman–Crippen LogP) is 3.83. The molecular formula is C16H13N3S. The topological polar surface area (TPSA) is 41.6 Å². The normalized spacial score (nSPS) is 10.7. The van der Waals surface area contributed by atoms with Crippen molar-refractivity contribution in [2.75, 3.05) is 6.26 Å². The van der Waals surface area contributed by atoms with E-state index in [-0.39, 0.29) is 0 Å². The third kappa shape index (κ3) is 2.06. The van der Waals surface area contributed by atoms with Gasteiger partial charge in [-0.2, -0.15) is 5.26 Å². The Bertz CT molecular complexity index is 810. The number of nitriles is 1. The summed E-state index contributed by atoms with van der Waals surface area (Å²) in [5.74, 6) is 0.919. The highest BCUT2D eigenvalue weighted by atomic mass is 32.2. The lowest BCUT2D eigenvalue weighted by molar-refractivity contribution is 0.959. The first-order valence-corrected chi connectivity index (χ1v) is 7.46. The highest BCUT2D eigenvalue weighted by Gasteiger charge is 2.10. The van der Waals surface area contributed by atoms with Gasteiger partial charge in [0.05, 0.1) is 22.7 Å². The van der Waals surface area contributed by atoms with Crippen molar-refractivity contribution in [1.29, 1.82) is 5.26 Å². The fraction of sp³-hybridized carbons (Fsp3) is 0.125. The Morgan fingerprint density at radius 1 is 1.15 bits per heavy atom. The molecule has 1 aromatic heterocycles. The van der Waals surface area contributed by atoms with Crippen LogP contribution in [-0.4, -0.2) is 15.8 Å². The van der Waals surface area contributed by atoms with Crippen molar-refractivity contribution in [3.8, 4) is 17.5 Å². The van der Waals surface area contributed by atoms with E-state index in [1.54, 1.807) is 17.8 Å². The Hall–Kier alpha value is -2.25. The summed E-state index contributed by atoms with van der Waals surface area (Å²) < 4.78 is 2.03. The first-order valence-electron chi connectivity index (χ1n) is 6.24. The molecule has 0 aliphatic rings. The third-order valence-corrected chi connectivity index (χ3v) is 4.10. The van der Waals surface area contributed by atoms with Crippen LogP contribution in [0.15, 0.2) is 47.4 Å². The zero-order valence-electron chi connectivity index (χ0n) is 11.3. The van der Waals surface area contributed by atoms with Crippen LogP contribution in [0.25, 0.3) is 22.4 Å². The van der Waals surface area contributed by atoms with Gasteiger partial charge in [-0.25, -0.2) is 4.98 Å². The van der Waals surface area contributed by atoms with Crippen LogP contribution in [0.3, 0.4) is 0 Å². The van der Waals surface area contributed by atoms with E-state index in [1.807, 2.05) is 23.7 Å². The first kappa shape index (κ1) is 12.8. The van der Waals surface area contributed by atoms with Gasteiger partial charge < -0.3 is 4.57 Å². The van der Waals surface area contributed by atoms with Gasteiger partial charge in [0, 0.05) is 17.5 Å². The van der Waals surface area contributed by atoms with Crippen molar-refractivity contribution in [1.82, 2.24) is 9.55 Å². The molecule has 20 heavy (non-hydrogen) atoms. The molecule has 0 bridgehead atoms. The molecule has 3 nitrogen and oxygen atoms in total. The van der Waals surface area contributed by atoms with Gasteiger partial charge in [0.2, 0.25) is 0 Å². The average Bonchev–Trinajstić information content (AvgIpc) is 2.84. The first-order chi connectivity index (χ1) is 9.72. The second-order valence-electron chi connectivity index (χ2n) is 4.54. The Balaban J connectivity index is 2.16.